The Hall–Kier alpha value is -0.740. The third-order valence-corrected chi connectivity index (χ3v) is 5.48. The van der Waals surface area contributed by atoms with Gasteiger partial charge in [0.2, 0.25) is 0 Å². The van der Waals surface area contributed by atoms with Crippen molar-refractivity contribution in [2.24, 2.45) is 0 Å². The second-order valence-electron chi connectivity index (χ2n) is 4.93. The molecule has 2 aliphatic heterocycles. The molecule has 1 saturated heterocycles. The van der Waals surface area contributed by atoms with Crippen molar-refractivity contribution in [3.63, 3.8) is 0 Å². The molecule has 1 unspecified atom stereocenters. The van der Waals surface area contributed by atoms with Gasteiger partial charge in [0.1, 0.15) is 5.03 Å². The van der Waals surface area contributed by atoms with Crippen molar-refractivity contribution < 1.29 is 4.21 Å². The van der Waals surface area contributed by atoms with Crippen molar-refractivity contribution in [3.05, 3.63) is 23.9 Å². The summed E-state index contributed by atoms with van der Waals surface area (Å²) in [7, 11) is 1.28. The summed E-state index contributed by atoms with van der Waals surface area (Å²) in [6.07, 6.45) is 3.99. The monoisotopic (exact) mass is 266 g/mol. The topological polar surface area (TPSA) is 33.2 Å². The standard InChI is InChI=1S/C12H16N2OS.C2H6/c1-14-7-4-12(5-8-14)9-16(15)11-10(12)3-2-6-13-11;1-2/h2-3,6H,4-5,7-9H2,1H3;1-2H3. The van der Waals surface area contributed by atoms with E-state index in [2.05, 4.69) is 23.0 Å². The van der Waals surface area contributed by atoms with Crippen LogP contribution in [0, 0.1) is 0 Å². The van der Waals surface area contributed by atoms with Gasteiger partial charge in [0, 0.05) is 17.4 Å². The molecule has 0 radical (unpaired) electrons. The molecule has 0 bridgehead atoms. The van der Waals surface area contributed by atoms with E-state index in [1.165, 1.54) is 5.56 Å². The number of hydrogen-bond acceptors (Lipinski definition) is 3. The molecule has 1 atom stereocenters. The first-order chi connectivity index (χ1) is 8.71. The highest BCUT2D eigenvalue weighted by atomic mass is 32.2. The van der Waals surface area contributed by atoms with E-state index in [-0.39, 0.29) is 5.41 Å². The highest BCUT2D eigenvalue weighted by Crippen LogP contribution is 2.43. The predicted octanol–water partition coefficient (Wildman–Crippen LogP) is 2.19. The second kappa shape index (κ2) is 5.49. The van der Waals surface area contributed by atoms with Crippen LogP contribution < -0.4 is 0 Å². The van der Waals surface area contributed by atoms with Gasteiger partial charge in [0.05, 0.1) is 10.8 Å². The molecule has 0 saturated carbocycles. The van der Waals surface area contributed by atoms with Crippen molar-refractivity contribution in [1.29, 1.82) is 0 Å². The van der Waals surface area contributed by atoms with E-state index in [0.717, 1.165) is 36.7 Å². The lowest BCUT2D eigenvalue weighted by molar-refractivity contribution is 0.203. The number of pyridine rings is 1. The summed E-state index contributed by atoms with van der Waals surface area (Å²) in [5, 5.41) is 0.840. The number of rotatable bonds is 0. The summed E-state index contributed by atoms with van der Waals surface area (Å²) in [5.41, 5.74) is 1.41. The summed E-state index contributed by atoms with van der Waals surface area (Å²) in [5.74, 6) is 0.785. The fourth-order valence-electron chi connectivity index (χ4n) is 2.83. The van der Waals surface area contributed by atoms with E-state index < -0.39 is 10.8 Å². The van der Waals surface area contributed by atoms with Crippen LogP contribution in [-0.4, -0.2) is 40.0 Å². The van der Waals surface area contributed by atoms with Gasteiger partial charge in [0.25, 0.3) is 0 Å². The van der Waals surface area contributed by atoms with Gasteiger partial charge in [-0.05, 0) is 44.6 Å². The number of piperidine rings is 1. The first-order valence-corrected chi connectivity index (χ1v) is 8.06. The molecule has 1 aromatic heterocycles. The number of hydrogen-bond donors (Lipinski definition) is 0. The molecular formula is C14H22N2OS. The van der Waals surface area contributed by atoms with Crippen molar-refractivity contribution in [2.75, 3.05) is 25.9 Å². The maximum atomic E-state index is 12.1. The van der Waals surface area contributed by atoms with Gasteiger partial charge in [-0.15, -0.1) is 0 Å². The van der Waals surface area contributed by atoms with E-state index in [9.17, 15) is 4.21 Å². The third kappa shape index (κ3) is 2.24. The van der Waals surface area contributed by atoms with Crippen LogP contribution in [0.5, 0.6) is 0 Å². The Morgan fingerprint density at radius 1 is 1.33 bits per heavy atom. The average Bonchev–Trinajstić information content (AvgIpc) is 2.70. The molecular weight excluding hydrogens is 244 g/mol. The number of likely N-dealkylation sites (tertiary alicyclic amines) is 1. The minimum absolute atomic E-state index is 0.154. The van der Waals surface area contributed by atoms with E-state index in [1.54, 1.807) is 6.20 Å². The largest absolute Gasteiger partial charge is 0.306 e. The minimum atomic E-state index is -0.876. The number of aromatic nitrogens is 1. The van der Waals surface area contributed by atoms with E-state index in [0.29, 0.717) is 0 Å². The Labute approximate surface area is 112 Å². The van der Waals surface area contributed by atoms with Crippen molar-refractivity contribution in [1.82, 2.24) is 9.88 Å². The van der Waals surface area contributed by atoms with Gasteiger partial charge in [-0.1, -0.05) is 19.9 Å². The number of nitrogens with zero attached hydrogens (tertiary/aromatic N) is 2. The molecule has 2 aliphatic rings. The van der Waals surface area contributed by atoms with Gasteiger partial charge >= 0.3 is 0 Å². The van der Waals surface area contributed by atoms with E-state index >= 15 is 0 Å². The molecule has 1 fully saturated rings. The molecule has 18 heavy (non-hydrogen) atoms. The zero-order valence-corrected chi connectivity index (χ0v) is 12.3. The minimum Gasteiger partial charge on any atom is -0.306 e. The summed E-state index contributed by atoms with van der Waals surface area (Å²) >= 11 is 0. The SMILES string of the molecule is CC.CN1CCC2(CC1)CS(=O)c1ncccc12. The summed E-state index contributed by atoms with van der Waals surface area (Å²) in [6, 6.07) is 4.10. The first kappa shape index (κ1) is 13.7. The van der Waals surface area contributed by atoms with Crippen molar-refractivity contribution in [2.45, 2.75) is 37.1 Å². The Morgan fingerprint density at radius 2 is 2.00 bits per heavy atom. The first-order valence-electron chi connectivity index (χ1n) is 6.74. The molecule has 0 amide bonds. The molecule has 100 valence electrons. The zero-order valence-electron chi connectivity index (χ0n) is 11.5. The van der Waals surface area contributed by atoms with Crippen molar-refractivity contribution in [3.8, 4) is 0 Å². The molecule has 4 heteroatoms. The van der Waals surface area contributed by atoms with Crippen LogP contribution in [0.15, 0.2) is 23.4 Å². The molecule has 3 rings (SSSR count). The highest BCUT2D eigenvalue weighted by molar-refractivity contribution is 7.85. The lowest BCUT2D eigenvalue weighted by atomic mass is 9.75. The lowest BCUT2D eigenvalue weighted by Crippen LogP contribution is -2.41. The van der Waals surface area contributed by atoms with Gasteiger partial charge in [-0.25, -0.2) is 4.98 Å². The van der Waals surface area contributed by atoms with Gasteiger partial charge in [0.15, 0.2) is 0 Å². The Kier molecular flexibility index (Phi) is 4.17. The Morgan fingerprint density at radius 3 is 2.67 bits per heavy atom. The van der Waals surface area contributed by atoms with E-state index in [4.69, 9.17) is 0 Å². The fraction of sp³-hybridized carbons (Fsp3) is 0.643. The Balaban J connectivity index is 0.000000574. The van der Waals surface area contributed by atoms with Crippen LogP contribution in [0.1, 0.15) is 32.3 Å². The molecule has 0 aliphatic carbocycles. The van der Waals surface area contributed by atoms with Crippen LogP contribution in [0.2, 0.25) is 0 Å². The summed E-state index contributed by atoms with van der Waals surface area (Å²) in [6.45, 7) is 6.21. The molecule has 0 N–H and O–H groups in total. The maximum absolute atomic E-state index is 12.1. The van der Waals surface area contributed by atoms with Gasteiger partial charge in [-0.2, -0.15) is 0 Å². The molecule has 0 aromatic carbocycles. The highest BCUT2D eigenvalue weighted by Gasteiger charge is 2.44. The van der Waals surface area contributed by atoms with Gasteiger partial charge < -0.3 is 4.90 Å². The van der Waals surface area contributed by atoms with Crippen LogP contribution >= 0.6 is 0 Å². The van der Waals surface area contributed by atoms with Crippen LogP contribution in [0.4, 0.5) is 0 Å². The lowest BCUT2D eigenvalue weighted by Gasteiger charge is -2.37. The number of fused-ring (bicyclic) bond motifs is 2. The van der Waals surface area contributed by atoms with Gasteiger partial charge in [-0.3, -0.25) is 4.21 Å². The smallest absolute Gasteiger partial charge is 0.131 e. The molecule has 3 heterocycles. The summed E-state index contributed by atoms with van der Waals surface area (Å²) in [4.78, 5) is 6.64. The van der Waals surface area contributed by atoms with Crippen LogP contribution in [0.3, 0.4) is 0 Å². The predicted molar refractivity (Wildman–Crippen MR) is 75.3 cm³/mol. The van der Waals surface area contributed by atoms with E-state index in [1.807, 2.05) is 19.9 Å². The molecule has 1 aromatic rings. The molecule has 1 spiro atoms. The average molecular weight is 266 g/mol. The third-order valence-electron chi connectivity index (χ3n) is 3.91. The normalized spacial score (nSPS) is 25.4. The maximum Gasteiger partial charge on any atom is 0.131 e. The zero-order chi connectivity index (χ0) is 13.2. The fourth-order valence-corrected chi connectivity index (χ4v) is 4.62. The summed E-state index contributed by atoms with van der Waals surface area (Å²) < 4.78 is 12.1. The van der Waals surface area contributed by atoms with Crippen molar-refractivity contribution >= 4 is 10.8 Å². The molecule has 3 nitrogen and oxygen atoms in total. The Bertz CT molecular complexity index is 439. The van der Waals surface area contributed by atoms with Crippen LogP contribution in [0.25, 0.3) is 0 Å². The second-order valence-corrected chi connectivity index (χ2v) is 6.30. The quantitative estimate of drug-likeness (QED) is 0.722. The van der Waals surface area contributed by atoms with Crippen LogP contribution in [-0.2, 0) is 16.2 Å².